The minimum absolute atomic E-state index is 0.0492. The van der Waals surface area contributed by atoms with Crippen molar-refractivity contribution in [3.8, 4) is 23.5 Å². The van der Waals surface area contributed by atoms with Gasteiger partial charge in [0.1, 0.15) is 17.7 Å². The van der Waals surface area contributed by atoms with Gasteiger partial charge in [0, 0.05) is 12.0 Å². The lowest BCUT2D eigenvalue weighted by Crippen LogP contribution is -2.48. The molecule has 0 spiro atoms. The van der Waals surface area contributed by atoms with Gasteiger partial charge in [0.2, 0.25) is 0 Å². The SMILES string of the molecule is C#CC1C[C@H]2[C@@H](OC(=O)C(CC)NC(=O)OC(C)(C)C)CCC[C@H]2N1C(=O)OC.Cc1cc2ccc1-2. The number of alkyl carbamates (subject to hydrolysis) is 1. The van der Waals surface area contributed by atoms with Crippen LogP contribution in [0.15, 0.2) is 18.2 Å². The van der Waals surface area contributed by atoms with E-state index in [0.29, 0.717) is 19.3 Å². The van der Waals surface area contributed by atoms with Crippen molar-refractivity contribution in [2.24, 2.45) is 5.92 Å². The Kier molecular flexibility index (Phi) is 8.55. The average Bonchev–Trinajstić information content (AvgIpc) is 3.19. The minimum atomic E-state index is -0.799. The number of terminal acetylenes is 1. The number of nitrogens with zero attached hydrogens (tertiary/aromatic N) is 1. The van der Waals surface area contributed by atoms with Crippen LogP contribution in [0.2, 0.25) is 0 Å². The van der Waals surface area contributed by atoms with Crippen LogP contribution in [0.1, 0.15) is 65.4 Å². The highest BCUT2D eigenvalue weighted by atomic mass is 16.6. The predicted molar refractivity (Wildman–Crippen MR) is 136 cm³/mol. The number of hydrogen-bond acceptors (Lipinski definition) is 6. The summed E-state index contributed by atoms with van der Waals surface area (Å²) in [6, 6.07) is 5.21. The maximum absolute atomic E-state index is 12.7. The summed E-state index contributed by atoms with van der Waals surface area (Å²) in [4.78, 5) is 38.5. The van der Waals surface area contributed by atoms with E-state index < -0.39 is 29.8 Å². The van der Waals surface area contributed by atoms with Crippen molar-refractivity contribution >= 4 is 18.2 Å². The van der Waals surface area contributed by atoms with E-state index in [0.717, 1.165) is 12.8 Å². The third kappa shape index (κ3) is 6.13. The second-order valence-electron chi connectivity index (χ2n) is 10.6. The van der Waals surface area contributed by atoms with E-state index >= 15 is 0 Å². The Morgan fingerprint density at radius 1 is 1.25 bits per heavy atom. The molecule has 1 N–H and O–H groups in total. The maximum atomic E-state index is 12.7. The highest BCUT2D eigenvalue weighted by Crippen LogP contribution is 2.41. The summed E-state index contributed by atoms with van der Waals surface area (Å²) < 4.78 is 15.9. The van der Waals surface area contributed by atoms with Gasteiger partial charge in [0.15, 0.2) is 0 Å². The third-order valence-corrected chi connectivity index (χ3v) is 6.92. The Morgan fingerprint density at radius 3 is 2.42 bits per heavy atom. The summed E-state index contributed by atoms with van der Waals surface area (Å²) in [7, 11) is 1.33. The number of ether oxygens (including phenoxy) is 3. The van der Waals surface area contributed by atoms with Gasteiger partial charge in [-0.3, -0.25) is 4.90 Å². The number of rotatable bonds is 4. The van der Waals surface area contributed by atoms with Crippen LogP contribution in [0.5, 0.6) is 0 Å². The molecule has 2 unspecified atom stereocenters. The maximum Gasteiger partial charge on any atom is 0.410 e. The largest absolute Gasteiger partial charge is 0.460 e. The Labute approximate surface area is 214 Å². The first-order valence-corrected chi connectivity index (χ1v) is 12.6. The Balaban J connectivity index is 0.000000433. The average molecular weight is 499 g/mol. The number of amides is 2. The van der Waals surface area contributed by atoms with E-state index in [2.05, 4.69) is 36.4 Å². The van der Waals surface area contributed by atoms with Crippen molar-refractivity contribution in [2.45, 2.75) is 96.6 Å². The zero-order chi connectivity index (χ0) is 26.6. The lowest BCUT2D eigenvalue weighted by molar-refractivity contribution is -0.156. The molecule has 1 heterocycles. The molecule has 1 saturated carbocycles. The standard InChI is InChI=1S/C21H32N2O6.C7H6/c1-7-13-12-14-16(23(13)20(26)27-6)10-9-11-17(14)28-18(24)15(8-2)22-19(25)29-21(3,4)5;1-5-4-6-2-3-7(5)6/h1,13-17H,8-12H2,2-6H3,(H,22,25);2-4H,1H3/t13?,14-,15?,16-,17+;/m1./s1. The van der Waals surface area contributed by atoms with E-state index in [-0.39, 0.29) is 24.1 Å². The summed E-state index contributed by atoms with van der Waals surface area (Å²) in [6.07, 6.45) is 7.38. The molecule has 5 atom stereocenters. The first kappa shape index (κ1) is 27.4. The monoisotopic (exact) mass is 498 g/mol. The third-order valence-electron chi connectivity index (χ3n) is 6.92. The van der Waals surface area contributed by atoms with Gasteiger partial charge in [-0.15, -0.1) is 6.42 Å². The summed E-state index contributed by atoms with van der Waals surface area (Å²) >= 11 is 0. The molecule has 3 aliphatic carbocycles. The van der Waals surface area contributed by atoms with Crippen LogP contribution >= 0.6 is 0 Å². The number of likely N-dealkylation sites (tertiary alicyclic amines) is 1. The second-order valence-corrected chi connectivity index (χ2v) is 10.6. The number of esters is 1. The number of methoxy groups -OCH3 is 1. The zero-order valence-corrected chi connectivity index (χ0v) is 22.1. The highest BCUT2D eigenvalue weighted by molar-refractivity contribution is 5.81. The number of fused-ring (bicyclic) bond motifs is 2. The van der Waals surface area contributed by atoms with Crippen molar-refractivity contribution in [3.63, 3.8) is 0 Å². The first-order chi connectivity index (χ1) is 17.0. The fourth-order valence-corrected chi connectivity index (χ4v) is 5.11. The van der Waals surface area contributed by atoms with Crippen LogP contribution in [-0.4, -0.2) is 60.0 Å². The molecule has 2 amide bonds. The molecular formula is C28H38N2O6. The molecule has 2 fully saturated rings. The van der Waals surface area contributed by atoms with Crippen LogP contribution in [-0.2, 0) is 19.0 Å². The second kappa shape index (κ2) is 11.2. The number of benzene rings is 1. The molecule has 1 aliphatic heterocycles. The fraction of sp³-hybridized carbons (Fsp3) is 0.607. The van der Waals surface area contributed by atoms with Crippen LogP contribution in [0.3, 0.4) is 0 Å². The zero-order valence-electron chi connectivity index (χ0n) is 22.1. The van der Waals surface area contributed by atoms with Crippen molar-refractivity contribution in [3.05, 3.63) is 23.8 Å². The number of hydrogen-bond donors (Lipinski definition) is 1. The summed E-state index contributed by atoms with van der Waals surface area (Å²) in [5.41, 5.74) is 3.70. The van der Waals surface area contributed by atoms with Crippen molar-refractivity contribution in [2.75, 3.05) is 7.11 Å². The van der Waals surface area contributed by atoms with Crippen LogP contribution in [0.4, 0.5) is 9.59 Å². The molecule has 0 aromatic carbocycles. The molecule has 0 aromatic heterocycles. The molecule has 196 valence electrons. The van der Waals surface area contributed by atoms with E-state index in [9.17, 15) is 14.4 Å². The van der Waals surface area contributed by atoms with Crippen molar-refractivity contribution in [1.82, 2.24) is 10.2 Å². The molecule has 0 aromatic rings. The molecule has 4 aliphatic rings. The van der Waals surface area contributed by atoms with Gasteiger partial charge < -0.3 is 19.5 Å². The number of carbonyl (C=O) groups excluding carboxylic acids is 3. The molecule has 36 heavy (non-hydrogen) atoms. The van der Waals surface area contributed by atoms with Gasteiger partial charge in [-0.2, -0.15) is 0 Å². The van der Waals surface area contributed by atoms with Crippen LogP contribution < -0.4 is 5.32 Å². The van der Waals surface area contributed by atoms with Gasteiger partial charge in [-0.25, -0.2) is 14.4 Å². The molecule has 8 nitrogen and oxygen atoms in total. The van der Waals surface area contributed by atoms with E-state index in [4.69, 9.17) is 20.6 Å². The summed E-state index contributed by atoms with van der Waals surface area (Å²) in [5.74, 6) is 2.10. The quantitative estimate of drug-likeness (QED) is 0.369. The van der Waals surface area contributed by atoms with E-state index in [1.807, 2.05) is 0 Å². The van der Waals surface area contributed by atoms with Crippen molar-refractivity contribution in [1.29, 1.82) is 0 Å². The molecular weight excluding hydrogens is 460 g/mol. The smallest absolute Gasteiger partial charge is 0.410 e. The fourth-order valence-electron chi connectivity index (χ4n) is 5.11. The highest BCUT2D eigenvalue weighted by Gasteiger charge is 2.50. The summed E-state index contributed by atoms with van der Waals surface area (Å²) in [6.45, 7) is 9.19. The van der Waals surface area contributed by atoms with Crippen LogP contribution in [0.25, 0.3) is 11.1 Å². The molecule has 0 bridgehead atoms. The van der Waals surface area contributed by atoms with Crippen molar-refractivity contribution < 1.29 is 28.6 Å². The predicted octanol–water partition coefficient (Wildman–Crippen LogP) is 4.82. The Morgan fingerprint density at radius 2 is 1.97 bits per heavy atom. The molecule has 1 saturated heterocycles. The lowest BCUT2D eigenvalue weighted by Gasteiger charge is -2.36. The van der Waals surface area contributed by atoms with Gasteiger partial charge in [-0.1, -0.05) is 31.0 Å². The Hall–Kier alpha value is -3.21. The number of carbonyl (C=O) groups is 3. The Bertz CT molecular complexity index is 1020. The topological polar surface area (TPSA) is 94.2 Å². The van der Waals surface area contributed by atoms with E-state index in [1.165, 1.54) is 23.8 Å². The van der Waals surface area contributed by atoms with Gasteiger partial charge in [0.25, 0.3) is 0 Å². The first-order valence-electron chi connectivity index (χ1n) is 12.6. The molecule has 0 radical (unpaired) electrons. The normalized spacial score (nSPS) is 24.2. The van der Waals surface area contributed by atoms with Gasteiger partial charge >= 0.3 is 18.2 Å². The molecule has 4 rings (SSSR count). The van der Waals surface area contributed by atoms with E-state index in [1.54, 1.807) is 32.6 Å². The van der Waals surface area contributed by atoms with Gasteiger partial charge in [0.05, 0.1) is 13.2 Å². The summed E-state index contributed by atoms with van der Waals surface area (Å²) in [5, 5.41) is 2.58. The minimum Gasteiger partial charge on any atom is -0.460 e. The number of aryl methyl sites for hydroxylation is 1. The number of nitrogens with one attached hydrogen (secondary N) is 1. The lowest BCUT2D eigenvalue weighted by atomic mass is 9.82. The van der Waals surface area contributed by atoms with Crippen LogP contribution in [0, 0.1) is 25.2 Å². The van der Waals surface area contributed by atoms with Gasteiger partial charge in [-0.05, 0) is 76.5 Å². The molecule has 8 heteroatoms.